The Morgan fingerprint density at radius 2 is 2.06 bits per heavy atom. The fraction of sp³-hybridized carbons (Fsp3) is 0.500. The fourth-order valence-electron chi connectivity index (χ4n) is 3.67. The van der Waals surface area contributed by atoms with Gasteiger partial charge in [-0.25, -0.2) is 35.7 Å². The van der Waals surface area contributed by atoms with Crippen LogP contribution in [0.25, 0.3) is 17.2 Å². The molecule has 1 aliphatic heterocycles. The molecular formula is C18H20F4N6O2S2. The van der Waals surface area contributed by atoms with Crippen LogP contribution < -0.4 is 9.62 Å². The van der Waals surface area contributed by atoms with Crippen LogP contribution in [-0.4, -0.2) is 59.0 Å². The minimum absolute atomic E-state index is 0.0136. The van der Waals surface area contributed by atoms with Gasteiger partial charge in [-0.1, -0.05) is 6.92 Å². The molecule has 8 nitrogen and oxygen atoms in total. The molecule has 14 heteroatoms. The number of nitrogens with zero attached hydrogens (tertiary/aromatic N) is 5. The van der Waals surface area contributed by atoms with E-state index in [4.69, 9.17) is 0 Å². The lowest BCUT2D eigenvalue weighted by molar-refractivity contribution is -0.108. The quantitative estimate of drug-likeness (QED) is 0.532. The van der Waals surface area contributed by atoms with Crippen molar-refractivity contribution in [3.8, 4) is 11.5 Å². The number of aromatic nitrogens is 4. The number of anilines is 1. The van der Waals surface area contributed by atoms with Crippen LogP contribution in [0.1, 0.15) is 18.9 Å². The molecule has 0 aromatic carbocycles. The number of imidazole rings is 1. The Morgan fingerprint density at radius 1 is 1.31 bits per heavy atom. The molecule has 0 saturated carbocycles. The van der Waals surface area contributed by atoms with Crippen LogP contribution in [0.4, 0.5) is 22.7 Å². The van der Waals surface area contributed by atoms with Crippen LogP contribution in [-0.2, 0) is 10.0 Å². The van der Waals surface area contributed by atoms with Gasteiger partial charge >= 0.3 is 0 Å². The SMILES string of the molecule is C[C@H]1CN(c2nc(-c3cnc4ccc(C(F)F)cn34)ns2)C[C@@H](CNS(C)(=O)=O)C1(F)F. The predicted molar refractivity (Wildman–Crippen MR) is 112 cm³/mol. The van der Waals surface area contributed by atoms with Gasteiger partial charge in [-0.2, -0.15) is 9.36 Å². The molecule has 174 valence electrons. The van der Waals surface area contributed by atoms with Gasteiger partial charge in [-0.3, -0.25) is 4.40 Å². The summed E-state index contributed by atoms with van der Waals surface area (Å²) in [7, 11) is -3.62. The van der Waals surface area contributed by atoms with Gasteiger partial charge in [0, 0.05) is 48.8 Å². The third kappa shape index (κ3) is 4.43. The molecule has 0 unspecified atom stereocenters. The molecular weight excluding hydrogens is 472 g/mol. The second kappa shape index (κ2) is 8.23. The summed E-state index contributed by atoms with van der Waals surface area (Å²) in [5.41, 5.74) is 0.662. The molecule has 32 heavy (non-hydrogen) atoms. The molecule has 3 aromatic heterocycles. The van der Waals surface area contributed by atoms with Crippen LogP contribution in [0.5, 0.6) is 0 Å². The molecule has 1 N–H and O–H groups in total. The van der Waals surface area contributed by atoms with Crippen molar-refractivity contribution in [3.63, 3.8) is 0 Å². The van der Waals surface area contributed by atoms with Crippen molar-refractivity contribution in [1.29, 1.82) is 0 Å². The molecule has 4 rings (SSSR count). The maximum Gasteiger partial charge on any atom is 0.265 e. The van der Waals surface area contributed by atoms with Crippen LogP contribution in [0, 0.1) is 11.8 Å². The van der Waals surface area contributed by atoms with Crippen LogP contribution in [0.15, 0.2) is 24.5 Å². The number of sulfonamides is 1. The van der Waals surface area contributed by atoms with Gasteiger partial charge in [-0.15, -0.1) is 0 Å². The van der Waals surface area contributed by atoms with E-state index < -0.39 is 40.8 Å². The normalized spacial score (nSPS) is 21.5. The van der Waals surface area contributed by atoms with E-state index in [0.29, 0.717) is 16.5 Å². The molecule has 0 amide bonds. The summed E-state index contributed by atoms with van der Waals surface area (Å²) in [6.45, 7) is 0.900. The van der Waals surface area contributed by atoms with Crippen LogP contribution in [0.2, 0.25) is 0 Å². The van der Waals surface area contributed by atoms with Crippen molar-refractivity contribution >= 4 is 32.3 Å². The lowest BCUT2D eigenvalue weighted by atomic mass is 9.86. The highest BCUT2D eigenvalue weighted by atomic mass is 32.2. The zero-order valence-corrected chi connectivity index (χ0v) is 18.7. The van der Waals surface area contributed by atoms with E-state index in [2.05, 4.69) is 19.1 Å². The van der Waals surface area contributed by atoms with Crippen molar-refractivity contribution in [1.82, 2.24) is 23.5 Å². The standard InChI is InChI=1S/C18H20F4N6O2S2/c1-10-7-27(9-12(18(10,21)22)5-24-32(2,29)30)17-25-16(26-31-17)13-6-23-14-4-3-11(15(19)20)8-28(13)14/h3-4,6,8,10,12,15,24H,5,7,9H2,1-2H3/t10-,12+/m0/s1. The van der Waals surface area contributed by atoms with Crippen molar-refractivity contribution in [3.05, 3.63) is 30.1 Å². The van der Waals surface area contributed by atoms with Gasteiger partial charge in [0.1, 0.15) is 11.3 Å². The number of fused-ring (bicyclic) bond motifs is 1. The number of piperidine rings is 1. The van der Waals surface area contributed by atoms with Crippen molar-refractivity contribution in [2.75, 3.05) is 30.8 Å². The number of halogens is 4. The van der Waals surface area contributed by atoms with E-state index in [9.17, 15) is 26.0 Å². The molecule has 4 heterocycles. The van der Waals surface area contributed by atoms with Crippen molar-refractivity contribution in [2.45, 2.75) is 19.3 Å². The minimum Gasteiger partial charge on any atom is -0.346 e. The Kier molecular flexibility index (Phi) is 5.88. The summed E-state index contributed by atoms with van der Waals surface area (Å²) in [5.74, 6) is -5.12. The highest BCUT2D eigenvalue weighted by Crippen LogP contribution is 2.40. The van der Waals surface area contributed by atoms with E-state index in [0.717, 1.165) is 17.8 Å². The first-order chi connectivity index (χ1) is 15.0. The first-order valence-corrected chi connectivity index (χ1v) is 12.3. The summed E-state index contributed by atoms with van der Waals surface area (Å²) in [6, 6.07) is 2.75. The summed E-state index contributed by atoms with van der Waals surface area (Å²) < 4.78 is 86.1. The molecule has 0 spiro atoms. The van der Waals surface area contributed by atoms with Crippen LogP contribution >= 0.6 is 11.5 Å². The second-order valence-corrected chi connectivity index (χ2v) is 10.4. The minimum atomic E-state index is -3.62. The molecule has 0 bridgehead atoms. The summed E-state index contributed by atoms with van der Waals surface area (Å²) in [6.07, 6.45) is 0.992. The lowest BCUT2D eigenvalue weighted by Gasteiger charge is -2.42. The number of rotatable bonds is 6. The number of hydrogen-bond donors (Lipinski definition) is 1. The summed E-state index contributed by atoms with van der Waals surface area (Å²) in [4.78, 5) is 10.2. The summed E-state index contributed by atoms with van der Waals surface area (Å²) in [5, 5.41) is 0.381. The smallest absolute Gasteiger partial charge is 0.265 e. The molecule has 1 saturated heterocycles. The van der Waals surface area contributed by atoms with E-state index in [1.54, 1.807) is 4.90 Å². The lowest BCUT2D eigenvalue weighted by Crippen LogP contribution is -2.56. The largest absolute Gasteiger partial charge is 0.346 e. The fourth-order valence-corrected chi connectivity index (χ4v) is 4.86. The molecule has 0 radical (unpaired) electrons. The third-order valence-electron chi connectivity index (χ3n) is 5.42. The Hall–Kier alpha value is -2.32. The highest BCUT2D eigenvalue weighted by Gasteiger charge is 2.50. The van der Waals surface area contributed by atoms with Crippen molar-refractivity contribution < 1.29 is 26.0 Å². The second-order valence-electron chi connectivity index (χ2n) is 7.83. The van der Waals surface area contributed by atoms with Crippen molar-refractivity contribution in [2.24, 2.45) is 11.8 Å². The average molecular weight is 493 g/mol. The molecule has 1 aliphatic rings. The number of alkyl halides is 4. The monoisotopic (exact) mass is 492 g/mol. The van der Waals surface area contributed by atoms with Gasteiger partial charge in [0.25, 0.3) is 12.3 Å². The molecule has 1 fully saturated rings. The topological polar surface area (TPSA) is 92.5 Å². The maximum absolute atomic E-state index is 14.7. The van der Waals surface area contributed by atoms with Gasteiger partial charge in [0.15, 0.2) is 5.82 Å². The Balaban J connectivity index is 1.60. The van der Waals surface area contributed by atoms with E-state index in [1.807, 2.05) is 0 Å². The molecule has 2 atom stereocenters. The zero-order valence-electron chi connectivity index (χ0n) is 17.0. The molecule has 3 aromatic rings. The predicted octanol–water partition coefficient (Wildman–Crippen LogP) is 3.05. The Morgan fingerprint density at radius 3 is 2.75 bits per heavy atom. The third-order valence-corrected chi connectivity index (χ3v) is 6.89. The first-order valence-electron chi connectivity index (χ1n) is 9.62. The number of pyridine rings is 1. The average Bonchev–Trinajstić information content (AvgIpc) is 3.34. The van der Waals surface area contributed by atoms with E-state index >= 15 is 0 Å². The van der Waals surface area contributed by atoms with Gasteiger partial charge in [-0.05, 0) is 12.1 Å². The molecule has 0 aliphatic carbocycles. The van der Waals surface area contributed by atoms with E-state index in [1.165, 1.54) is 35.9 Å². The highest BCUT2D eigenvalue weighted by molar-refractivity contribution is 7.88. The zero-order chi connectivity index (χ0) is 23.3. The summed E-state index contributed by atoms with van der Waals surface area (Å²) >= 11 is 0.993. The maximum atomic E-state index is 14.7. The van der Waals surface area contributed by atoms with E-state index in [-0.39, 0.29) is 24.5 Å². The van der Waals surface area contributed by atoms with Gasteiger partial charge < -0.3 is 4.90 Å². The van der Waals surface area contributed by atoms with Gasteiger partial charge in [0.05, 0.1) is 18.4 Å². The van der Waals surface area contributed by atoms with Gasteiger partial charge in [0.2, 0.25) is 15.2 Å². The van der Waals surface area contributed by atoms with Crippen LogP contribution in [0.3, 0.4) is 0 Å². The Labute approximate surface area is 185 Å². The first kappa shape index (κ1) is 22.9. The number of hydrogen-bond acceptors (Lipinski definition) is 7. The Bertz CT molecular complexity index is 1230. The number of nitrogens with one attached hydrogen (secondary N) is 1.